The summed E-state index contributed by atoms with van der Waals surface area (Å²) in [6.45, 7) is 7.34. The lowest BCUT2D eigenvalue weighted by Crippen LogP contribution is -2.32. The third-order valence-corrected chi connectivity index (χ3v) is 7.21. The summed E-state index contributed by atoms with van der Waals surface area (Å²) >= 11 is 0. The molecule has 0 saturated heterocycles. The number of aromatic hydroxyl groups is 1. The first-order valence-corrected chi connectivity index (χ1v) is 12.5. The lowest BCUT2D eigenvalue weighted by molar-refractivity contribution is 0.460. The zero-order valence-corrected chi connectivity index (χ0v) is 20.3. The van der Waals surface area contributed by atoms with Gasteiger partial charge < -0.3 is 14.7 Å². The third kappa shape index (κ3) is 3.64. The molecule has 0 fully saturated rings. The fourth-order valence-corrected chi connectivity index (χ4v) is 5.51. The van der Waals surface area contributed by atoms with E-state index in [1.807, 2.05) is 60.7 Å². The largest absolute Gasteiger partial charge is 0.506 e. The summed E-state index contributed by atoms with van der Waals surface area (Å²) in [6, 6.07) is 33.3. The van der Waals surface area contributed by atoms with Crippen LogP contribution < -0.4 is 9.64 Å². The van der Waals surface area contributed by atoms with E-state index >= 15 is 0 Å². The second-order valence-corrected chi connectivity index (χ2v) is 9.49. The molecule has 2 aliphatic rings. The van der Waals surface area contributed by atoms with Crippen molar-refractivity contribution in [2.24, 2.45) is 4.99 Å². The fraction of sp³-hybridized carbons (Fsp3) is 0.0938. The summed E-state index contributed by atoms with van der Waals surface area (Å²) in [7, 11) is 0. The van der Waals surface area contributed by atoms with E-state index in [0.29, 0.717) is 22.8 Å². The van der Waals surface area contributed by atoms with E-state index in [-0.39, 0.29) is 17.8 Å². The quantitative estimate of drug-likeness (QED) is 0.268. The molecule has 0 radical (unpaired) electrons. The Morgan fingerprint density at radius 3 is 2.61 bits per heavy atom. The average Bonchev–Trinajstić information content (AvgIpc) is 3.50. The number of nitrogens with zero attached hydrogens (tertiary/aromatic N) is 4. The van der Waals surface area contributed by atoms with Gasteiger partial charge in [0.25, 0.3) is 0 Å². The van der Waals surface area contributed by atoms with Gasteiger partial charge >= 0.3 is 0 Å². The summed E-state index contributed by atoms with van der Waals surface area (Å²) in [6.07, 6.45) is 0.891. The maximum atomic E-state index is 10.2. The molecule has 4 aromatic carbocycles. The molecule has 0 spiro atoms. The topological polar surface area (TPSA) is 62.3 Å². The molecule has 2 atom stereocenters. The smallest absolute Gasteiger partial charge is 0.219 e. The number of rotatable bonds is 4. The standard InChI is InChI=1S/C32H22N4O2/c1-33-23-13-15-24(16-14-23)36-31-26-10-3-2-6-21(26)19-27(31)34-32(36)22-8-4-9-25(18-22)38-29-17-12-20-7-5-11-28(37)30(20)35-29/h2-18,27,31,37H,19H2/t27-,31-/m0/s1. The summed E-state index contributed by atoms with van der Waals surface area (Å²) in [5, 5.41) is 11.1. The molecule has 1 aliphatic carbocycles. The van der Waals surface area contributed by atoms with Gasteiger partial charge in [0.05, 0.1) is 18.7 Å². The van der Waals surface area contributed by atoms with Crippen LogP contribution in [0.5, 0.6) is 17.4 Å². The van der Waals surface area contributed by atoms with Crippen LogP contribution in [-0.4, -0.2) is 22.0 Å². The molecule has 6 nitrogen and oxygen atoms in total. The van der Waals surface area contributed by atoms with Gasteiger partial charge in [-0.15, -0.1) is 0 Å². The Balaban J connectivity index is 1.27. The summed E-state index contributed by atoms with van der Waals surface area (Å²) in [5.41, 5.74) is 5.67. The molecule has 6 heteroatoms. The number of para-hydroxylation sites is 1. The summed E-state index contributed by atoms with van der Waals surface area (Å²) in [5.74, 6) is 2.03. The Kier molecular flexibility index (Phi) is 5.09. The molecule has 1 aromatic heterocycles. The van der Waals surface area contributed by atoms with Crippen LogP contribution in [0.4, 0.5) is 11.4 Å². The van der Waals surface area contributed by atoms with Gasteiger partial charge in [0, 0.05) is 22.7 Å². The molecular formula is C32H22N4O2. The summed E-state index contributed by atoms with van der Waals surface area (Å²) < 4.78 is 6.13. The number of benzene rings is 4. The van der Waals surface area contributed by atoms with Crippen LogP contribution in [-0.2, 0) is 6.42 Å². The van der Waals surface area contributed by atoms with E-state index < -0.39 is 0 Å². The number of fused-ring (bicyclic) bond motifs is 4. The van der Waals surface area contributed by atoms with Crippen LogP contribution >= 0.6 is 0 Å². The second-order valence-electron chi connectivity index (χ2n) is 9.49. The predicted octanol–water partition coefficient (Wildman–Crippen LogP) is 7.22. The van der Waals surface area contributed by atoms with E-state index in [2.05, 4.69) is 39.0 Å². The Morgan fingerprint density at radius 1 is 0.895 bits per heavy atom. The number of hydrogen-bond donors (Lipinski definition) is 1. The maximum absolute atomic E-state index is 10.2. The van der Waals surface area contributed by atoms with Gasteiger partial charge in [0.15, 0.2) is 5.69 Å². The highest BCUT2D eigenvalue weighted by molar-refractivity contribution is 6.12. The van der Waals surface area contributed by atoms with Crippen molar-refractivity contribution in [1.29, 1.82) is 0 Å². The van der Waals surface area contributed by atoms with Gasteiger partial charge in [-0.2, -0.15) is 0 Å². The number of aromatic nitrogens is 1. The number of anilines is 1. The first kappa shape index (κ1) is 22.1. The molecule has 182 valence electrons. The Morgan fingerprint density at radius 2 is 1.74 bits per heavy atom. The number of phenols is 1. The van der Waals surface area contributed by atoms with Gasteiger partial charge in [0.2, 0.25) is 5.88 Å². The minimum atomic E-state index is 0.0923. The molecule has 1 N–H and O–H groups in total. The number of hydrogen-bond acceptors (Lipinski definition) is 5. The van der Waals surface area contributed by atoms with Crippen molar-refractivity contribution in [2.75, 3.05) is 4.90 Å². The predicted molar refractivity (Wildman–Crippen MR) is 148 cm³/mol. The highest BCUT2D eigenvalue weighted by Gasteiger charge is 2.43. The number of amidine groups is 1. The van der Waals surface area contributed by atoms with E-state index in [1.165, 1.54) is 11.1 Å². The van der Waals surface area contributed by atoms with Crippen molar-refractivity contribution < 1.29 is 9.84 Å². The van der Waals surface area contributed by atoms with Gasteiger partial charge in [-0.1, -0.05) is 60.7 Å². The fourth-order valence-electron chi connectivity index (χ4n) is 5.51. The zero-order chi connectivity index (χ0) is 25.6. The zero-order valence-electron chi connectivity index (χ0n) is 20.3. The van der Waals surface area contributed by atoms with E-state index in [0.717, 1.165) is 28.9 Å². The molecule has 0 saturated carbocycles. The minimum Gasteiger partial charge on any atom is -0.506 e. The molecule has 7 rings (SSSR count). The molecule has 0 unspecified atom stereocenters. The third-order valence-electron chi connectivity index (χ3n) is 7.21. The Bertz CT molecular complexity index is 1770. The van der Waals surface area contributed by atoms with E-state index in [1.54, 1.807) is 18.2 Å². The highest BCUT2D eigenvalue weighted by atomic mass is 16.5. The average molecular weight is 495 g/mol. The highest BCUT2D eigenvalue weighted by Crippen LogP contribution is 2.45. The first-order valence-electron chi connectivity index (χ1n) is 12.5. The molecule has 5 aromatic rings. The minimum absolute atomic E-state index is 0.0923. The van der Waals surface area contributed by atoms with Crippen molar-refractivity contribution >= 4 is 28.1 Å². The van der Waals surface area contributed by atoms with Gasteiger partial charge in [-0.05, 0) is 53.9 Å². The van der Waals surface area contributed by atoms with Crippen molar-refractivity contribution in [3.8, 4) is 17.4 Å². The van der Waals surface area contributed by atoms with Crippen molar-refractivity contribution in [3.05, 3.63) is 131 Å². The van der Waals surface area contributed by atoms with Crippen LogP contribution in [0.3, 0.4) is 0 Å². The lowest BCUT2D eigenvalue weighted by Gasteiger charge is -2.29. The van der Waals surface area contributed by atoms with Crippen LogP contribution in [0.15, 0.2) is 108 Å². The van der Waals surface area contributed by atoms with Crippen molar-refractivity contribution in [3.63, 3.8) is 0 Å². The van der Waals surface area contributed by atoms with Gasteiger partial charge in [0.1, 0.15) is 22.9 Å². The SMILES string of the molecule is [C-]#[N+]c1ccc(N2C(c3cccc(Oc4ccc5cccc(O)c5n4)c3)=N[C@H]3Cc4ccccc4[C@@H]32)cc1. The summed E-state index contributed by atoms with van der Waals surface area (Å²) in [4.78, 5) is 15.6. The normalized spacial score (nSPS) is 17.6. The van der Waals surface area contributed by atoms with Crippen LogP contribution in [0, 0.1) is 6.57 Å². The molecular weight excluding hydrogens is 472 g/mol. The number of ether oxygens (including phenoxy) is 1. The van der Waals surface area contributed by atoms with Crippen LogP contribution in [0.25, 0.3) is 15.7 Å². The number of pyridine rings is 1. The van der Waals surface area contributed by atoms with Crippen LogP contribution in [0.2, 0.25) is 0 Å². The van der Waals surface area contributed by atoms with Gasteiger partial charge in [-0.3, -0.25) is 4.99 Å². The van der Waals surface area contributed by atoms with Crippen molar-refractivity contribution in [1.82, 2.24) is 4.98 Å². The Hall–Kier alpha value is -5.15. The number of aliphatic imine (C=N–C) groups is 1. The maximum Gasteiger partial charge on any atom is 0.219 e. The number of phenolic OH excluding ortho intramolecular Hbond substituents is 1. The second kappa shape index (κ2) is 8.75. The molecule has 0 bridgehead atoms. The molecule has 1 aliphatic heterocycles. The Labute approximate surface area is 219 Å². The molecule has 0 amide bonds. The molecule has 2 heterocycles. The molecule has 38 heavy (non-hydrogen) atoms. The first-order chi connectivity index (χ1) is 18.7. The van der Waals surface area contributed by atoms with Crippen LogP contribution in [0.1, 0.15) is 22.7 Å². The van der Waals surface area contributed by atoms with Crippen molar-refractivity contribution in [2.45, 2.75) is 18.5 Å². The van der Waals surface area contributed by atoms with E-state index in [9.17, 15) is 5.11 Å². The van der Waals surface area contributed by atoms with E-state index in [4.69, 9.17) is 16.3 Å². The monoisotopic (exact) mass is 494 g/mol. The van der Waals surface area contributed by atoms with Gasteiger partial charge in [-0.25, -0.2) is 9.83 Å². The lowest BCUT2D eigenvalue weighted by atomic mass is 10.0.